The molecule has 1 aromatic heterocycles. The Morgan fingerprint density at radius 2 is 1.59 bits per heavy atom. The third-order valence-corrected chi connectivity index (χ3v) is 6.90. The first-order chi connectivity index (χ1) is 17.5. The van der Waals surface area contributed by atoms with Gasteiger partial charge in [0, 0.05) is 12.0 Å². The molecule has 0 aliphatic heterocycles. The molecule has 11 heteroatoms. The lowest BCUT2D eigenvalue weighted by molar-refractivity contribution is -0.137. The van der Waals surface area contributed by atoms with E-state index < -0.39 is 27.5 Å². The zero-order valence-corrected chi connectivity index (χ0v) is 20.8. The van der Waals surface area contributed by atoms with Crippen molar-refractivity contribution in [3.63, 3.8) is 0 Å². The minimum absolute atomic E-state index is 0.00886. The Balaban J connectivity index is 1.73. The predicted molar refractivity (Wildman–Crippen MR) is 134 cm³/mol. The molecule has 2 N–H and O–H groups in total. The van der Waals surface area contributed by atoms with Gasteiger partial charge in [-0.3, -0.25) is 4.57 Å². The number of primary sulfonamides is 1. The lowest BCUT2D eigenvalue weighted by Crippen LogP contribution is -2.26. The molecule has 0 amide bonds. The second kappa shape index (κ2) is 10.3. The van der Waals surface area contributed by atoms with E-state index in [-0.39, 0.29) is 17.1 Å². The van der Waals surface area contributed by atoms with Crippen LogP contribution in [0.15, 0.2) is 82.5 Å². The molecule has 3 aromatic carbocycles. The molecule has 0 aliphatic carbocycles. The van der Waals surface area contributed by atoms with Crippen molar-refractivity contribution in [2.45, 2.75) is 43.8 Å². The summed E-state index contributed by atoms with van der Waals surface area (Å²) < 4.78 is 66.9. The fourth-order valence-electron chi connectivity index (χ4n) is 4.10. The Morgan fingerprint density at radius 3 is 2.24 bits per heavy atom. The number of aromatic nitrogens is 3. The van der Waals surface area contributed by atoms with Gasteiger partial charge >= 0.3 is 11.9 Å². The zero-order chi connectivity index (χ0) is 26.8. The van der Waals surface area contributed by atoms with Gasteiger partial charge in [0.25, 0.3) is 0 Å². The Hall–Kier alpha value is -3.70. The number of unbranched alkanes of at least 4 members (excludes halogenated alkanes) is 1. The Bertz CT molecular complexity index is 1570. The van der Waals surface area contributed by atoms with Crippen LogP contribution in [-0.4, -0.2) is 22.8 Å². The molecule has 0 saturated heterocycles. The second-order valence-electron chi connectivity index (χ2n) is 8.55. The average Bonchev–Trinajstić information content (AvgIpc) is 3.17. The largest absolute Gasteiger partial charge is 0.418 e. The van der Waals surface area contributed by atoms with Crippen LogP contribution < -0.4 is 10.8 Å². The van der Waals surface area contributed by atoms with Crippen LogP contribution in [0.5, 0.6) is 0 Å². The van der Waals surface area contributed by atoms with Crippen LogP contribution >= 0.6 is 0 Å². The van der Waals surface area contributed by atoms with Gasteiger partial charge in [-0.25, -0.2) is 18.4 Å². The van der Waals surface area contributed by atoms with E-state index >= 15 is 0 Å². The van der Waals surface area contributed by atoms with E-state index in [1.54, 1.807) is 42.5 Å². The highest BCUT2D eigenvalue weighted by atomic mass is 32.2. The molecular formula is C26H25F3N4O3S. The fraction of sp³-hybridized carbons (Fsp3) is 0.231. The summed E-state index contributed by atoms with van der Waals surface area (Å²) in [5.41, 5.74) is -0.199. The van der Waals surface area contributed by atoms with Gasteiger partial charge in [0.15, 0.2) is 0 Å². The lowest BCUT2D eigenvalue weighted by atomic mass is 10.0. The molecule has 37 heavy (non-hydrogen) atoms. The van der Waals surface area contributed by atoms with Crippen molar-refractivity contribution in [3.05, 3.63) is 100 Å². The minimum Gasteiger partial charge on any atom is -0.274 e. The Kier molecular flexibility index (Phi) is 7.37. The normalized spacial score (nSPS) is 12.1. The molecule has 0 bridgehead atoms. The lowest BCUT2D eigenvalue weighted by Gasteiger charge is -2.11. The fourth-order valence-corrected chi connectivity index (χ4v) is 4.86. The maximum absolute atomic E-state index is 13.6. The molecule has 0 saturated carbocycles. The van der Waals surface area contributed by atoms with Crippen molar-refractivity contribution < 1.29 is 21.6 Å². The second-order valence-corrected chi connectivity index (χ2v) is 10.1. The first-order valence-corrected chi connectivity index (χ1v) is 13.1. The van der Waals surface area contributed by atoms with Crippen molar-refractivity contribution in [3.8, 4) is 16.8 Å². The van der Waals surface area contributed by atoms with E-state index in [0.29, 0.717) is 35.4 Å². The highest BCUT2D eigenvalue weighted by Gasteiger charge is 2.34. The molecule has 194 valence electrons. The van der Waals surface area contributed by atoms with Crippen molar-refractivity contribution in [1.82, 2.24) is 14.3 Å². The van der Waals surface area contributed by atoms with Crippen molar-refractivity contribution in [2.75, 3.05) is 0 Å². The van der Waals surface area contributed by atoms with E-state index in [4.69, 9.17) is 5.14 Å². The number of nitrogens with zero attached hydrogens (tertiary/aromatic N) is 3. The summed E-state index contributed by atoms with van der Waals surface area (Å²) in [6, 6.07) is 18.1. The van der Waals surface area contributed by atoms with Crippen LogP contribution in [0.2, 0.25) is 0 Å². The number of benzene rings is 3. The van der Waals surface area contributed by atoms with Gasteiger partial charge in [-0.15, -0.1) is 5.10 Å². The maximum Gasteiger partial charge on any atom is 0.418 e. The minimum atomic E-state index is -4.65. The summed E-state index contributed by atoms with van der Waals surface area (Å²) in [7, 11) is -3.93. The van der Waals surface area contributed by atoms with E-state index in [9.17, 15) is 26.4 Å². The Morgan fingerprint density at radius 1 is 0.946 bits per heavy atom. The summed E-state index contributed by atoms with van der Waals surface area (Å²) in [6.45, 7) is 2.06. The van der Waals surface area contributed by atoms with E-state index in [0.717, 1.165) is 17.2 Å². The van der Waals surface area contributed by atoms with Crippen LogP contribution in [0, 0.1) is 0 Å². The zero-order valence-electron chi connectivity index (χ0n) is 19.9. The van der Waals surface area contributed by atoms with E-state index in [1.807, 2.05) is 6.92 Å². The van der Waals surface area contributed by atoms with Crippen LogP contribution in [0.4, 0.5) is 13.2 Å². The number of sulfonamides is 1. The molecule has 1 heterocycles. The number of halogens is 3. The van der Waals surface area contributed by atoms with Gasteiger partial charge in [0.2, 0.25) is 10.0 Å². The molecule has 0 fully saturated rings. The van der Waals surface area contributed by atoms with Crippen molar-refractivity contribution >= 4 is 10.0 Å². The third-order valence-electron chi connectivity index (χ3n) is 5.93. The molecule has 0 atom stereocenters. The van der Waals surface area contributed by atoms with Gasteiger partial charge in [0.1, 0.15) is 5.82 Å². The molecule has 4 rings (SSSR count). The smallest absolute Gasteiger partial charge is 0.274 e. The van der Waals surface area contributed by atoms with Gasteiger partial charge < -0.3 is 0 Å². The van der Waals surface area contributed by atoms with Crippen LogP contribution in [0.3, 0.4) is 0 Å². The summed E-state index contributed by atoms with van der Waals surface area (Å²) in [5.74, 6) is 0.382. The first-order valence-electron chi connectivity index (χ1n) is 11.6. The van der Waals surface area contributed by atoms with E-state index in [1.165, 1.54) is 28.8 Å². The molecule has 0 spiro atoms. The highest BCUT2D eigenvalue weighted by Crippen LogP contribution is 2.33. The number of alkyl halides is 3. The van der Waals surface area contributed by atoms with Crippen LogP contribution in [0.25, 0.3) is 16.8 Å². The molecular weight excluding hydrogens is 505 g/mol. The summed E-state index contributed by atoms with van der Waals surface area (Å²) in [6.07, 6.45) is -2.70. The summed E-state index contributed by atoms with van der Waals surface area (Å²) >= 11 is 0. The van der Waals surface area contributed by atoms with Crippen molar-refractivity contribution in [1.29, 1.82) is 0 Å². The number of para-hydroxylation sites is 1. The standard InChI is InChI=1S/C26H25F3N4O3S/c1-2-3-12-24-31-33(22-10-6-5-9-21(22)26(27,28)29)25(34)32(24)17-18-13-15-19(16-14-18)20-8-4-7-11-23(20)37(30,35)36/h4-11,13-16H,2-3,12,17H2,1H3,(H2,30,35,36). The molecule has 0 aliphatic rings. The molecule has 4 aromatic rings. The van der Waals surface area contributed by atoms with Gasteiger partial charge in [-0.2, -0.15) is 17.9 Å². The molecule has 0 unspecified atom stereocenters. The molecule has 7 nitrogen and oxygen atoms in total. The van der Waals surface area contributed by atoms with Gasteiger partial charge in [-0.05, 0) is 35.7 Å². The maximum atomic E-state index is 13.6. The third kappa shape index (κ3) is 5.67. The summed E-state index contributed by atoms with van der Waals surface area (Å²) in [5, 5.41) is 9.62. The average molecular weight is 531 g/mol. The number of rotatable bonds is 8. The quantitative estimate of drug-likeness (QED) is 0.355. The van der Waals surface area contributed by atoms with Crippen LogP contribution in [-0.2, 0) is 29.2 Å². The molecule has 0 radical (unpaired) electrons. The van der Waals surface area contributed by atoms with E-state index in [2.05, 4.69) is 5.10 Å². The number of nitrogens with two attached hydrogens (primary N) is 1. The van der Waals surface area contributed by atoms with Crippen LogP contribution in [0.1, 0.15) is 36.7 Å². The number of hydrogen-bond acceptors (Lipinski definition) is 4. The number of hydrogen-bond donors (Lipinski definition) is 1. The van der Waals surface area contributed by atoms with Gasteiger partial charge in [-0.1, -0.05) is 67.9 Å². The topological polar surface area (TPSA) is 100.0 Å². The van der Waals surface area contributed by atoms with Crippen molar-refractivity contribution in [2.24, 2.45) is 5.14 Å². The van der Waals surface area contributed by atoms with Gasteiger partial charge in [0.05, 0.1) is 22.7 Å². The SMILES string of the molecule is CCCCc1nn(-c2ccccc2C(F)(F)F)c(=O)n1Cc1ccc(-c2ccccc2S(N)(=O)=O)cc1. The predicted octanol–water partition coefficient (Wildman–Crippen LogP) is 4.76. The highest BCUT2D eigenvalue weighted by molar-refractivity contribution is 7.89. The monoisotopic (exact) mass is 530 g/mol. The number of aryl methyl sites for hydroxylation is 1. The Labute approximate surface area is 212 Å². The summed E-state index contributed by atoms with van der Waals surface area (Å²) in [4.78, 5) is 13.3. The first kappa shape index (κ1) is 26.4.